The van der Waals surface area contributed by atoms with Crippen molar-refractivity contribution in [2.75, 3.05) is 10.8 Å². The normalized spacial score (nSPS) is 14.4. The van der Waals surface area contributed by atoms with E-state index in [9.17, 15) is 18.0 Å². The van der Waals surface area contributed by atoms with Crippen molar-refractivity contribution in [3.05, 3.63) is 93.0 Å². The summed E-state index contributed by atoms with van der Waals surface area (Å²) < 4.78 is 29.2. The van der Waals surface area contributed by atoms with Crippen LogP contribution in [0.3, 0.4) is 0 Å². The van der Waals surface area contributed by atoms with Crippen molar-refractivity contribution in [2.45, 2.75) is 76.9 Å². The van der Waals surface area contributed by atoms with Gasteiger partial charge < -0.3 is 10.2 Å². The molecule has 224 valence electrons. The molecule has 4 rings (SSSR count). The average Bonchev–Trinajstić information content (AvgIpc) is 3.44. The lowest BCUT2D eigenvalue weighted by Gasteiger charge is -2.32. The maximum absolute atomic E-state index is 14.1. The van der Waals surface area contributed by atoms with Gasteiger partial charge in [0.1, 0.15) is 12.6 Å². The third-order valence-electron chi connectivity index (χ3n) is 7.59. The highest BCUT2D eigenvalue weighted by molar-refractivity contribution is 7.92. The van der Waals surface area contributed by atoms with Crippen LogP contribution in [-0.4, -0.2) is 43.8 Å². The molecule has 0 bridgehead atoms. The van der Waals surface area contributed by atoms with E-state index in [1.54, 1.807) is 49.4 Å². The molecule has 2 amide bonds. The number of aryl methyl sites for hydroxylation is 3. The maximum atomic E-state index is 14.1. The Balaban J connectivity index is 1.72. The Morgan fingerprint density at radius 1 is 0.881 bits per heavy atom. The predicted molar refractivity (Wildman–Crippen MR) is 168 cm³/mol. The average molecular weight is 631 g/mol. The Kier molecular flexibility index (Phi) is 10.2. The molecule has 0 aliphatic heterocycles. The Labute approximate surface area is 258 Å². The Morgan fingerprint density at radius 2 is 1.50 bits per heavy atom. The van der Waals surface area contributed by atoms with Crippen molar-refractivity contribution in [2.24, 2.45) is 0 Å². The van der Waals surface area contributed by atoms with E-state index in [0.717, 1.165) is 46.7 Å². The summed E-state index contributed by atoms with van der Waals surface area (Å²) in [5.74, 6) is -0.806. The third-order valence-corrected chi connectivity index (χ3v) is 10.1. The predicted octanol–water partition coefficient (Wildman–Crippen LogP) is 6.59. The van der Waals surface area contributed by atoms with Gasteiger partial charge in [-0.1, -0.05) is 65.9 Å². The first kappa shape index (κ1) is 31.9. The number of hydrogen-bond donors (Lipinski definition) is 1. The Hall–Kier alpha value is -3.07. The number of benzene rings is 3. The van der Waals surface area contributed by atoms with Crippen LogP contribution in [0.2, 0.25) is 10.0 Å². The molecule has 7 nitrogen and oxygen atoms in total. The maximum Gasteiger partial charge on any atom is 0.264 e. The fourth-order valence-electron chi connectivity index (χ4n) is 5.27. The van der Waals surface area contributed by atoms with Crippen molar-refractivity contribution in [3.63, 3.8) is 0 Å². The van der Waals surface area contributed by atoms with Gasteiger partial charge >= 0.3 is 0 Å². The number of rotatable bonds is 10. The van der Waals surface area contributed by atoms with Crippen LogP contribution in [0.15, 0.2) is 65.6 Å². The van der Waals surface area contributed by atoms with Crippen LogP contribution >= 0.6 is 23.2 Å². The highest BCUT2D eigenvalue weighted by Gasteiger charge is 2.33. The standard InChI is InChI=1S/C32H37Cl2N3O4S/c1-21-9-12-28(13-10-21)42(40,41)37(27-16-22(2)15-23(3)17-27)20-31(38)36(19-25-11-14-29(33)30(34)18-25)24(4)32(39)35-26-7-5-6-8-26/h9-18,24,26H,5-8,19-20H2,1-4H3,(H,35,39). The summed E-state index contributed by atoms with van der Waals surface area (Å²) in [6.07, 6.45) is 3.89. The lowest BCUT2D eigenvalue weighted by molar-refractivity contribution is -0.139. The van der Waals surface area contributed by atoms with Gasteiger partial charge in [0.15, 0.2) is 0 Å². The summed E-state index contributed by atoms with van der Waals surface area (Å²) in [6.45, 7) is 6.83. The first-order chi connectivity index (χ1) is 19.8. The molecule has 0 heterocycles. The number of nitrogens with zero attached hydrogens (tertiary/aromatic N) is 2. The molecule has 1 unspecified atom stereocenters. The molecule has 1 aliphatic rings. The van der Waals surface area contributed by atoms with E-state index >= 15 is 0 Å². The molecule has 0 radical (unpaired) electrons. The van der Waals surface area contributed by atoms with Gasteiger partial charge in [-0.15, -0.1) is 0 Å². The van der Waals surface area contributed by atoms with E-state index in [2.05, 4.69) is 5.32 Å². The molecule has 42 heavy (non-hydrogen) atoms. The smallest absolute Gasteiger partial charge is 0.264 e. The van der Waals surface area contributed by atoms with Crippen molar-refractivity contribution >= 4 is 50.7 Å². The van der Waals surface area contributed by atoms with Gasteiger partial charge in [0.25, 0.3) is 10.0 Å². The fourth-order valence-corrected chi connectivity index (χ4v) is 6.99. The number of sulfonamides is 1. The molecule has 3 aromatic carbocycles. The highest BCUT2D eigenvalue weighted by atomic mass is 35.5. The molecule has 1 atom stereocenters. The zero-order valence-corrected chi connectivity index (χ0v) is 26.7. The second-order valence-corrected chi connectivity index (χ2v) is 13.8. The monoisotopic (exact) mass is 629 g/mol. The van der Waals surface area contributed by atoms with E-state index in [-0.39, 0.29) is 23.4 Å². The van der Waals surface area contributed by atoms with Crippen molar-refractivity contribution in [1.82, 2.24) is 10.2 Å². The quantitative estimate of drug-likeness (QED) is 0.274. The molecule has 1 fully saturated rings. The lowest BCUT2D eigenvalue weighted by atomic mass is 10.1. The Bertz CT molecular complexity index is 1530. The first-order valence-electron chi connectivity index (χ1n) is 14.1. The molecular formula is C32H37Cl2N3O4S. The SMILES string of the molecule is Cc1ccc(S(=O)(=O)N(CC(=O)N(Cc2ccc(Cl)c(Cl)c2)C(C)C(=O)NC2CCCC2)c2cc(C)cc(C)c2)cc1. The molecule has 0 aromatic heterocycles. The van der Waals surface area contributed by atoms with Gasteiger partial charge in [0.2, 0.25) is 11.8 Å². The topological polar surface area (TPSA) is 86.8 Å². The third kappa shape index (κ3) is 7.65. The van der Waals surface area contributed by atoms with Crippen LogP contribution in [0.4, 0.5) is 5.69 Å². The summed E-state index contributed by atoms with van der Waals surface area (Å²) in [5, 5.41) is 3.76. The van der Waals surface area contributed by atoms with E-state index in [1.165, 1.54) is 17.0 Å². The van der Waals surface area contributed by atoms with Crippen molar-refractivity contribution in [1.29, 1.82) is 0 Å². The minimum atomic E-state index is -4.14. The first-order valence-corrected chi connectivity index (χ1v) is 16.3. The zero-order chi connectivity index (χ0) is 30.6. The van der Waals surface area contributed by atoms with E-state index in [0.29, 0.717) is 21.3 Å². The molecule has 1 N–H and O–H groups in total. The molecule has 3 aromatic rings. The van der Waals surface area contributed by atoms with E-state index in [1.807, 2.05) is 26.8 Å². The summed E-state index contributed by atoms with van der Waals surface area (Å²) in [7, 11) is -4.14. The minimum Gasteiger partial charge on any atom is -0.352 e. The number of nitrogens with one attached hydrogen (secondary N) is 1. The van der Waals surface area contributed by atoms with Gasteiger partial charge in [0, 0.05) is 12.6 Å². The van der Waals surface area contributed by atoms with Crippen LogP contribution in [0.5, 0.6) is 0 Å². The number of anilines is 1. The van der Waals surface area contributed by atoms with Crippen molar-refractivity contribution < 1.29 is 18.0 Å². The van der Waals surface area contributed by atoms with Gasteiger partial charge in [-0.2, -0.15) is 0 Å². The number of carbonyl (C=O) groups excluding carboxylic acids is 2. The molecule has 0 spiro atoms. The number of amides is 2. The Morgan fingerprint density at radius 3 is 2.10 bits per heavy atom. The number of hydrogen-bond acceptors (Lipinski definition) is 4. The number of carbonyl (C=O) groups is 2. The van der Waals surface area contributed by atoms with Crippen LogP contribution in [0.1, 0.15) is 54.9 Å². The minimum absolute atomic E-state index is 0.0419. The highest BCUT2D eigenvalue weighted by Crippen LogP contribution is 2.28. The van der Waals surface area contributed by atoms with E-state index < -0.39 is 28.5 Å². The molecule has 0 saturated heterocycles. The van der Waals surface area contributed by atoms with Gasteiger partial charge in [-0.3, -0.25) is 13.9 Å². The van der Waals surface area contributed by atoms with Gasteiger partial charge in [-0.25, -0.2) is 8.42 Å². The summed E-state index contributed by atoms with van der Waals surface area (Å²) >= 11 is 12.4. The van der Waals surface area contributed by atoms with Crippen LogP contribution in [-0.2, 0) is 26.2 Å². The molecule has 1 saturated carbocycles. The molecule has 10 heteroatoms. The van der Waals surface area contributed by atoms with E-state index in [4.69, 9.17) is 23.2 Å². The van der Waals surface area contributed by atoms with Crippen LogP contribution < -0.4 is 9.62 Å². The summed E-state index contributed by atoms with van der Waals surface area (Å²) in [6, 6.07) is 16.2. The van der Waals surface area contributed by atoms with Gasteiger partial charge in [0.05, 0.1) is 20.6 Å². The van der Waals surface area contributed by atoms with Crippen molar-refractivity contribution in [3.8, 4) is 0 Å². The van der Waals surface area contributed by atoms with Crippen LogP contribution in [0.25, 0.3) is 0 Å². The molecular weight excluding hydrogens is 593 g/mol. The zero-order valence-electron chi connectivity index (χ0n) is 24.4. The molecule has 1 aliphatic carbocycles. The summed E-state index contributed by atoms with van der Waals surface area (Å²) in [4.78, 5) is 29.0. The largest absolute Gasteiger partial charge is 0.352 e. The van der Waals surface area contributed by atoms with Crippen LogP contribution in [0, 0.1) is 20.8 Å². The fraction of sp³-hybridized carbons (Fsp3) is 0.375. The summed E-state index contributed by atoms with van der Waals surface area (Å²) in [5.41, 5.74) is 3.67. The lowest BCUT2D eigenvalue weighted by Crippen LogP contribution is -2.52. The second-order valence-electron chi connectivity index (χ2n) is 11.1. The van der Waals surface area contributed by atoms with Gasteiger partial charge in [-0.05, 0) is 93.6 Å². The number of halogens is 2. The second kappa shape index (κ2) is 13.5.